The number of aryl methyl sites for hydroxylation is 1. The van der Waals surface area contributed by atoms with Crippen LogP contribution >= 0.6 is 11.6 Å². The summed E-state index contributed by atoms with van der Waals surface area (Å²) in [5.41, 5.74) is 1.01. The molecule has 102 valence electrons. The molecule has 18 heavy (non-hydrogen) atoms. The average Bonchev–Trinajstić information content (AvgIpc) is 2.34. The van der Waals surface area contributed by atoms with Crippen molar-refractivity contribution in [3.63, 3.8) is 0 Å². The van der Waals surface area contributed by atoms with Crippen molar-refractivity contribution < 1.29 is 14.2 Å². The number of rotatable bonds is 8. The zero-order valence-corrected chi connectivity index (χ0v) is 12.0. The van der Waals surface area contributed by atoms with Crippen LogP contribution in [0.4, 0.5) is 0 Å². The standard InChI is InChI=1S/C14H21ClO3/c1-4-16-14(17-5-2)8-9-18-12-6-7-13(15)11(3)10-12/h6-7,10,14H,4-5,8-9H2,1-3H3. The molecule has 1 rings (SSSR count). The van der Waals surface area contributed by atoms with Crippen molar-refractivity contribution in [3.8, 4) is 5.75 Å². The Balaban J connectivity index is 2.37. The summed E-state index contributed by atoms with van der Waals surface area (Å²) in [5.74, 6) is 0.823. The smallest absolute Gasteiger partial charge is 0.160 e. The molecule has 0 aliphatic rings. The predicted octanol–water partition coefficient (Wildman–Crippen LogP) is 3.82. The Bertz CT molecular complexity index is 349. The molecular weight excluding hydrogens is 252 g/mol. The van der Waals surface area contributed by atoms with Crippen LogP contribution in [0.1, 0.15) is 25.8 Å². The molecule has 0 spiro atoms. The van der Waals surface area contributed by atoms with Crippen molar-refractivity contribution >= 4 is 11.6 Å². The van der Waals surface area contributed by atoms with Crippen LogP contribution in [0.3, 0.4) is 0 Å². The first-order valence-electron chi connectivity index (χ1n) is 6.29. The van der Waals surface area contributed by atoms with Gasteiger partial charge in [0.25, 0.3) is 0 Å². The molecule has 1 aromatic carbocycles. The van der Waals surface area contributed by atoms with Crippen LogP contribution in [-0.2, 0) is 9.47 Å². The minimum atomic E-state index is -0.187. The summed E-state index contributed by atoms with van der Waals surface area (Å²) in [6.07, 6.45) is 0.525. The van der Waals surface area contributed by atoms with E-state index in [-0.39, 0.29) is 6.29 Å². The van der Waals surface area contributed by atoms with Crippen LogP contribution in [0.5, 0.6) is 5.75 Å². The third kappa shape index (κ3) is 5.25. The molecule has 0 unspecified atom stereocenters. The maximum Gasteiger partial charge on any atom is 0.160 e. The van der Waals surface area contributed by atoms with E-state index in [9.17, 15) is 0 Å². The van der Waals surface area contributed by atoms with E-state index in [0.29, 0.717) is 26.2 Å². The van der Waals surface area contributed by atoms with Crippen molar-refractivity contribution in [1.29, 1.82) is 0 Å². The lowest BCUT2D eigenvalue weighted by molar-refractivity contribution is -0.142. The van der Waals surface area contributed by atoms with E-state index in [1.807, 2.05) is 39.0 Å². The van der Waals surface area contributed by atoms with E-state index in [4.69, 9.17) is 25.8 Å². The molecular formula is C14H21ClO3. The van der Waals surface area contributed by atoms with Gasteiger partial charge in [-0.3, -0.25) is 0 Å². The molecule has 0 amide bonds. The highest BCUT2D eigenvalue weighted by molar-refractivity contribution is 6.31. The van der Waals surface area contributed by atoms with E-state index >= 15 is 0 Å². The molecule has 1 aromatic rings. The second-order valence-corrected chi connectivity index (χ2v) is 4.30. The van der Waals surface area contributed by atoms with Gasteiger partial charge >= 0.3 is 0 Å². The molecule has 3 nitrogen and oxygen atoms in total. The topological polar surface area (TPSA) is 27.7 Å². The zero-order valence-electron chi connectivity index (χ0n) is 11.2. The molecule has 0 bridgehead atoms. The van der Waals surface area contributed by atoms with Crippen molar-refractivity contribution in [2.24, 2.45) is 0 Å². The third-order valence-electron chi connectivity index (χ3n) is 2.46. The molecule has 4 heteroatoms. The molecule has 0 aromatic heterocycles. The number of hydrogen-bond donors (Lipinski definition) is 0. The van der Waals surface area contributed by atoms with Crippen molar-refractivity contribution in [2.45, 2.75) is 33.5 Å². The largest absolute Gasteiger partial charge is 0.493 e. The van der Waals surface area contributed by atoms with Gasteiger partial charge < -0.3 is 14.2 Å². The summed E-state index contributed by atoms with van der Waals surface area (Å²) in [5, 5.41) is 0.754. The molecule has 0 radical (unpaired) electrons. The Labute approximate surface area is 114 Å². The fourth-order valence-electron chi connectivity index (χ4n) is 1.57. The first-order chi connectivity index (χ1) is 8.67. The van der Waals surface area contributed by atoms with Crippen LogP contribution in [0, 0.1) is 6.92 Å². The van der Waals surface area contributed by atoms with Gasteiger partial charge in [0.05, 0.1) is 6.61 Å². The van der Waals surface area contributed by atoms with E-state index in [2.05, 4.69) is 0 Å². The van der Waals surface area contributed by atoms with Crippen molar-refractivity contribution in [3.05, 3.63) is 28.8 Å². The summed E-state index contributed by atoms with van der Waals surface area (Å²) in [4.78, 5) is 0. The molecule has 0 atom stereocenters. The SMILES string of the molecule is CCOC(CCOc1ccc(Cl)c(C)c1)OCC. The molecule has 0 heterocycles. The van der Waals surface area contributed by atoms with E-state index in [1.54, 1.807) is 0 Å². The first-order valence-corrected chi connectivity index (χ1v) is 6.67. The Morgan fingerprint density at radius 3 is 2.39 bits per heavy atom. The third-order valence-corrected chi connectivity index (χ3v) is 2.88. The maximum absolute atomic E-state index is 5.95. The first kappa shape index (κ1) is 15.3. The molecule has 0 fully saturated rings. The Morgan fingerprint density at radius 1 is 1.17 bits per heavy atom. The lowest BCUT2D eigenvalue weighted by Crippen LogP contribution is -2.20. The van der Waals surface area contributed by atoms with E-state index < -0.39 is 0 Å². The van der Waals surface area contributed by atoms with Gasteiger partial charge in [-0.2, -0.15) is 0 Å². The fourth-order valence-corrected chi connectivity index (χ4v) is 1.68. The highest BCUT2D eigenvalue weighted by Crippen LogP contribution is 2.21. The van der Waals surface area contributed by atoms with Crippen LogP contribution in [0.2, 0.25) is 5.02 Å². The lowest BCUT2D eigenvalue weighted by atomic mass is 10.2. The molecule has 0 saturated heterocycles. The molecule has 0 aliphatic carbocycles. The van der Waals surface area contributed by atoms with Crippen molar-refractivity contribution in [1.82, 2.24) is 0 Å². The average molecular weight is 273 g/mol. The monoisotopic (exact) mass is 272 g/mol. The van der Waals surface area contributed by atoms with Gasteiger partial charge in [-0.25, -0.2) is 0 Å². The second kappa shape index (κ2) is 8.35. The normalized spacial score (nSPS) is 10.9. The molecule has 0 N–H and O–H groups in total. The van der Waals surface area contributed by atoms with Crippen LogP contribution in [0.15, 0.2) is 18.2 Å². The number of ether oxygens (including phenoxy) is 3. The van der Waals surface area contributed by atoms with Gasteiger partial charge in [-0.15, -0.1) is 0 Å². The Morgan fingerprint density at radius 2 is 1.83 bits per heavy atom. The summed E-state index contributed by atoms with van der Waals surface area (Å²) in [7, 11) is 0. The summed E-state index contributed by atoms with van der Waals surface area (Å²) in [6.45, 7) is 7.71. The summed E-state index contributed by atoms with van der Waals surface area (Å²) < 4.78 is 16.5. The maximum atomic E-state index is 5.95. The summed E-state index contributed by atoms with van der Waals surface area (Å²) in [6, 6.07) is 5.64. The summed E-state index contributed by atoms with van der Waals surface area (Å²) >= 11 is 5.95. The molecule has 0 saturated carbocycles. The minimum Gasteiger partial charge on any atom is -0.493 e. The number of hydrogen-bond acceptors (Lipinski definition) is 3. The van der Waals surface area contributed by atoms with Gasteiger partial charge in [-0.05, 0) is 44.5 Å². The highest BCUT2D eigenvalue weighted by Gasteiger charge is 2.08. The molecule has 0 aliphatic heterocycles. The van der Waals surface area contributed by atoms with Gasteiger partial charge in [0, 0.05) is 24.7 Å². The highest BCUT2D eigenvalue weighted by atomic mass is 35.5. The zero-order chi connectivity index (χ0) is 13.4. The van der Waals surface area contributed by atoms with Crippen LogP contribution in [0.25, 0.3) is 0 Å². The minimum absolute atomic E-state index is 0.187. The van der Waals surface area contributed by atoms with Gasteiger partial charge in [0.15, 0.2) is 6.29 Å². The second-order valence-electron chi connectivity index (χ2n) is 3.89. The lowest BCUT2D eigenvalue weighted by Gasteiger charge is -2.17. The predicted molar refractivity (Wildman–Crippen MR) is 73.3 cm³/mol. The Hall–Kier alpha value is -0.770. The van der Waals surface area contributed by atoms with Gasteiger partial charge in [-0.1, -0.05) is 11.6 Å². The van der Waals surface area contributed by atoms with E-state index in [0.717, 1.165) is 16.3 Å². The van der Waals surface area contributed by atoms with Gasteiger partial charge in [0.2, 0.25) is 0 Å². The fraction of sp³-hybridized carbons (Fsp3) is 0.571. The number of halogens is 1. The van der Waals surface area contributed by atoms with Crippen molar-refractivity contribution in [2.75, 3.05) is 19.8 Å². The quantitative estimate of drug-likeness (QED) is 0.674. The van der Waals surface area contributed by atoms with E-state index in [1.165, 1.54) is 0 Å². The van der Waals surface area contributed by atoms with Gasteiger partial charge in [0.1, 0.15) is 5.75 Å². The number of benzene rings is 1. The van der Waals surface area contributed by atoms with Crippen LogP contribution < -0.4 is 4.74 Å². The van der Waals surface area contributed by atoms with Crippen LogP contribution in [-0.4, -0.2) is 26.1 Å². The Kier molecular flexibility index (Phi) is 7.09.